The molecule has 0 radical (unpaired) electrons. The van der Waals surface area contributed by atoms with Gasteiger partial charge in [-0.15, -0.1) is 0 Å². The molecule has 3 aromatic carbocycles. The summed E-state index contributed by atoms with van der Waals surface area (Å²) in [5.41, 5.74) is 2.85. The molecule has 4 N–H and O–H groups in total. The molecular formula is C49H62N6O10. The summed E-state index contributed by atoms with van der Waals surface area (Å²) < 4.78 is 10.9. The number of fused-ring (bicyclic) bond motifs is 2. The number of carboxylic acid groups (broad SMARTS) is 1. The first-order valence-corrected chi connectivity index (χ1v) is 22.2. The maximum absolute atomic E-state index is 15.0. The van der Waals surface area contributed by atoms with Crippen LogP contribution in [0.15, 0.2) is 72.8 Å². The van der Waals surface area contributed by atoms with E-state index in [1.165, 1.54) is 18.9 Å². The van der Waals surface area contributed by atoms with E-state index < -0.39 is 77.1 Å². The largest absolute Gasteiger partial charge is 0.480 e. The van der Waals surface area contributed by atoms with Gasteiger partial charge in [0.2, 0.25) is 17.7 Å². The molecular weight excluding hydrogens is 833 g/mol. The highest BCUT2D eigenvalue weighted by Gasteiger charge is 2.45. The van der Waals surface area contributed by atoms with Crippen molar-refractivity contribution in [2.24, 2.45) is 5.41 Å². The maximum Gasteiger partial charge on any atom is 0.410 e. The highest BCUT2D eigenvalue weighted by molar-refractivity contribution is 5.96. The first-order chi connectivity index (χ1) is 30.6. The summed E-state index contributed by atoms with van der Waals surface area (Å²) >= 11 is 0. The van der Waals surface area contributed by atoms with Gasteiger partial charge in [-0.25, -0.2) is 14.4 Å². The summed E-state index contributed by atoms with van der Waals surface area (Å²) in [7, 11) is 1.44. The number of likely N-dealkylation sites (N-methyl/N-ethyl adjacent to an activating group) is 1. The Hall–Kier alpha value is -6.45. The van der Waals surface area contributed by atoms with Gasteiger partial charge in [-0.3, -0.25) is 29.0 Å². The fraction of sp³-hybridized carbons (Fsp3) is 0.490. The molecule has 348 valence electrons. The number of nitrogens with one attached hydrogen (secondary N) is 3. The molecule has 1 saturated heterocycles. The van der Waals surface area contributed by atoms with Gasteiger partial charge in [0.15, 0.2) is 0 Å². The first kappa shape index (κ1) is 48.0. The molecule has 2 aliphatic heterocycles. The minimum atomic E-state index is -1.22. The van der Waals surface area contributed by atoms with Crippen molar-refractivity contribution in [2.75, 3.05) is 13.6 Å². The Morgan fingerprint density at radius 3 is 2.22 bits per heavy atom. The van der Waals surface area contributed by atoms with Crippen molar-refractivity contribution < 1.29 is 48.1 Å². The maximum atomic E-state index is 15.0. The van der Waals surface area contributed by atoms with Gasteiger partial charge in [0.05, 0.1) is 6.04 Å². The van der Waals surface area contributed by atoms with Gasteiger partial charge >= 0.3 is 18.2 Å². The number of carbonyl (C=O) groups is 7. The number of likely N-dealkylation sites (tertiary alicyclic amines) is 1. The molecule has 2 heterocycles. The van der Waals surface area contributed by atoms with Gasteiger partial charge in [-0.2, -0.15) is 0 Å². The molecule has 16 nitrogen and oxygen atoms in total. The average Bonchev–Trinajstić information content (AvgIpc) is 3.69. The van der Waals surface area contributed by atoms with Crippen molar-refractivity contribution in [2.45, 2.75) is 136 Å². The van der Waals surface area contributed by atoms with Crippen LogP contribution in [-0.2, 0) is 54.6 Å². The summed E-state index contributed by atoms with van der Waals surface area (Å²) in [6.07, 6.45) is 1.07. The Labute approximate surface area is 380 Å². The van der Waals surface area contributed by atoms with Gasteiger partial charge in [0, 0.05) is 44.6 Å². The highest BCUT2D eigenvalue weighted by atomic mass is 16.6. The quantitative estimate of drug-likeness (QED) is 0.190. The molecule has 0 unspecified atom stereocenters. The van der Waals surface area contributed by atoms with Crippen molar-refractivity contribution in [1.82, 2.24) is 30.7 Å². The van der Waals surface area contributed by atoms with Gasteiger partial charge in [0.25, 0.3) is 5.91 Å². The molecule has 16 heteroatoms. The Morgan fingerprint density at radius 2 is 1.54 bits per heavy atom. The molecule has 0 aromatic heterocycles. The van der Waals surface area contributed by atoms with Crippen LogP contribution in [0.3, 0.4) is 0 Å². The number of nitrogens with zero attached hydrogens (tertiary/aromatic N) is 3. The van der Waals surface area contributed by atoms with Crippen LogP contribution in [0.4, 0.5) is 9.59 Å². The fourth-order valence-corrected chi connectivity index (χ4v) is 8.56. The number of aryl methyl sites for hydroxylation is 1. The molecule has 6 amide bonds. The van der Waals surface area contributed by atoms with Crippen LogP contribution >= 0.6 is 0 Å². The Balaban J connectivity index is 1.23. The average molecular weight is 895 g/mol. The molecule has 6 atom stereocenters. The van der Waals surface area contributed by atoms with E-state index in [0.29, 0.717) is 5.56 Å². The van der Waals surface area contributed by atoms with Crippen LogP contribution in [0.25, 0.3) is 0 Å². The molecule has 3 aromatic rings. The van der Waals surface area contributed by atoms with Crippen LogP contribution in [0, 0.1) is 5.41 Å². The van der Waals surface area contributed by atoms with Crippen LogP contribution in [0.2, 0.25) is 0 Å². The smallest absolute Gasteiger partial charge is 0.410 e. The molecule has 0 spiro atoms. The number of rotatable bonds is 11. The number of carbonyl (C=O) groups excluding carboxylic acids is 6. The summed E-state index contributed by atoms with van der Waals surface area (Å²) in [4.78, 5) is 99.1. The number of benzene rings is 3. The van der Waals surface area contributed by atoms with Gasteiger partial charge in [-0.1, -0.05) is 81.4 Å². The minimum Gasteiger partial charge on any atom is -0.480 e. The van der Waals surface area contributed by atoms with E-state index >= 15 is 4.79 Å². The van der Waals surface area contributed by atoms with Gasteiger partial charge in [0.1, 0.15) is 36.4 Å². The summed E-state index contributed by atoms with van der Waals surface area (Å²) in [5, 5.41) is 19.0. The fourth-order valence-electron chi connectivity index (χ4n) is 8.56. The van der Waals surface area contributed by atoms with E-state index in [1.807, 2.05) is 24.3 Å². The molecule has 65 heavy (non-hydrogen) atoms. The predicted octanol–water partition coefficient (Wildman–Crippen LogP) is 5.51. The molecule has 1 fully saturated rings. The number of carboxylic acids is 1. The second kappa shape index (κ2) is 19.7. The van der Waals surface area contributed by atoms with Gasteiger partial charge < -0.3 is 35.4 Å². The number of hydrogen-bond acceptors (Lipinski definition) is 9. The molecule has 0 bridgehead atoms. The second-order valence-corrected chi connectivity index (χ2v) is 19.3. The van der Waals surface area contributed by atoms with Crippen LogP contribution in [-0.4, -0.2) is 111 Å². The summed E-state index contributed by atoms with van der Waals surface area (Å²) in [6.45, 7) is 11.9. The standard InChI is InChI=1S/C49H62N6O10/c1-29(53(8)46(62)65-49(5,6)7)41(56)52-40(48(2,3)4)44(59)54-26-34-23-33(22-21-32(34)24-38(54)43(58)51-37-20-14-18-31-17-12-13-19-36(31)37)42(57)50-35-25-39(45(60)61)55(27-35)47(63)64-28-30-15-10-9-11-16-30/h9-13,15-17,19,21-23,29,35,37-40H,14,18,20,24-28H2,1-8H3,(H,50,57)(H,51,58)(H,52,56)(H,60,61)/t29-,35-,37+,38-,39-,40+/m0/s1. The third-order valence-corrected chi connectivity index (χ3v) is 12.3. The van der Waals surface area contributed by atoms with E-state index in [4.69, 9.17) is 9.47 Å². The second-order valence-electron chi connectivity index (χ2n) is 19.3. The monoisotopic (exact) mass is 894 g/mol. The van der Waals surface area contributed by atoms with E-state index in [9.17, 15) is 33.9 Å². The highest BCUT2D eigenvalue weighted by Crippen LogP contribution is 2.33. The number of hydrogen-bond donors (Lipinski definition) is 4. The lowest BCUT2D eigenvalue weighted by Crippen LogP contribution is -2.62. The zero-order chi connectivity index (χ0) is 47.4. The van der Waals surface area contributed by atoms with E-state index in [2.05, 4.69) is 22.0 Å². The van der Waals surface area contributed by atoms with E-state index in [-0.39, 0.29) is 50.1 Å². The predicted molar refractivity (Wildman–Crippen MR) is 240 cm³/mol. The van der Waals surface area contributed by atoms with Crippen molar-refractivity contribution in [3.8, 4) is 0 Å². The summed E-state index contributed by atoms with van der Waals surface area (Å²) in [6, 6.07) is 16.7. The third-order valence-electron chi connectivity index (χ3n) is 12.3. The zero-order valence-corrected chi connectivity index (χ0v) is 38.5. The minimum absolute atomic E-state index is 0.0386. The SMILES string of the molecule is C[C@@H](C(=O)N[C@H](C(=O)N1Cc2cc(C(=O)N[C@H]3C[C@@H](C(=O)O)N(C(=O)OCc4ccccc4)C3)ccc2C[C@H]1C(=O)N[C@@H]1CCCc2ccccc21)C(C)(C)C)N(C)C(=O)OC(C)(C)C. The Kier molecular flexibility index (Phi) is 14.6. The summed E-state index contributed by atoms with van der Waals surface area (Å²) in [5.74, 6) is -3.21. The van der Waals surface area contributed by atoms with Crippen molar-refractivity contribution in [1.29, 1.82) is 0 Å². The topological polar surface area (TPSA) is 204 Å². The molecule has 6 rings (SSSR count). The Morgan fingerprint density at radius 1 is 0.846 bits per heavy atom. The van der Waals surface area contributed by atoms with E-state index in [1.54, 1.807) is 84.0 Å². The van der Waals surface area contributed by atoms with Crippen LogP contribution < -0.4 is 16.0 Å². The lowest BCUT2D eigenvalue weighted by molar-refractivity contribution is -0.147. The zero-order valence-electron chi connectivity index (χ0n) is 38.5. The van der Waals surface area contributed by atoms with Crippen LogP contribution in [0.5, 0.6) is 0 Å². The van der Waals surface area contributed by atoms with Gasteiger partial charge in [-0.05, 0) is 92.3 Å². The van der Waals surface area contributed by atoms with Crippen molar-refractivity contribution in [3.63, 3.8) is 0 Å². The lowest BCUT2D eigenvalue weighted by atomic mass is 9.83. The molecule has 0 saturated carbocycles. The number of amides is 6. The normalized spacial score (nSPS) is 20.2. The molecule has 1 aliphatic carbocycles. The number of ether oxygens (including phenoxy) is 2. The lowest BCUT2D eigenvalue weighted by Gasteiger charge is -2.42. The Bertz CT molecular complexity index is 2290. The van der Waals surface area contributed by atoms with Crippen molar-refractivity contribution in [3.05, 3.63) is 106 Å². The van der Waals surface area contributed by atoms with Crippen molar-refractivity contribution >= 4 is 41.8 Å². The molecule has 3 aliphatic rings. The van der Waals surface area contributed by atoms with Crippen LogP contribution in [0.1, 0.15) is 112 Å². The number of aliphatic carboxylic acids is 1. The third kappa shape index (κ3) is 11.6. The van der Waals surface area contributed by atoms with E-state index in [0.717, 1.165) is 51.3 Å². The first-order valence-electron chi connectivity index (χ1n) is 22.2.